The summed E-state index contributed by atoms with van der Waals surface area (Å²) in [5, 5.41) is 7.26. The Morgan fingerprint density at radius 3 is 3.00 bits per heavy atom. The van der Waals surface area contributed by atoms with Gasteiger partial charge >= 0.3 is 0 Å². The molecule has 4 rings (SSSR count). The van der Waals surface area contributed by atoms with Gasteiger partial charge in [0, 0.05) is 31.0 Å². The van der Waals surface area contributed by atoms with Crippen molar-refractivity contribution in [2.75, 3.05) is 37.0 Å². The molecule has 156 valence electrons. The fourth-order valence-electron chi connectivity index (χ4n) is 3.21. The highest BCUT2D eigenvalue weighted by atomic mass is 35.5. The van der Waals surface area contributed by atoms with Crippen LogP contribution in [0.2, 0.25) is 5.15 Å². The number of rotatable bonds is 5. The maximum Gasteiger partial charge on any atom is 0.239 e. The van der Waals surface area contributed by atoms with Crippen molar-refractivity contribution >= 4 is 45.6 Å². The summed E-state index contributed by atoms with van der Waals surface area (Å²) in [5.41, 5.74) is 2.82. The van der Waals surface area contributed by atoms with E-state index in [1.54, 1.807) is 19.4 Å². The van der Waals surface area contributed by atoms with Crippen LogP contribution >= 0.6 is 22.9 Å². The molecule has 1 amide bonds. The number of anilines is 3. The highest BCUT2D eigenvalue weighted by Crippen LogP contribution is 2.39. The van der Waals surface area contributed by atoms with E-state index in [-0.39, 0.29) is 12.5 Å². The third kappa shape index (κ3) is 4.63. The van der Waals surface area contributed by atoms with Crippen molar-refractivity contribution < 1.29 is 9.53 Å². The first-order chi connectivity index (χ1) is 14.5. The average Bonchev–Trinajstić information content (AvgIpc) is 2.98. The molecule has 1 aliphatic rings. The van der Waals surface area contributed by atoms with Crippen LogP contribution in [0.3, 0.4) is 0 Å². The van der Waals surface area contributed by atoms with Gasteiger partial charge in [-0.15, -0.1) is 0 Å². The largest absolute Gasteiger partial charge is 0.481 e. The van der Waals surface area contributed by atoms with E-state index in [1.807, 2.05) is 24.0 Å². The van der Waals surface area contributed by atoms with Gasteiger partial charge in [0.15, 0.2) is 5.13 Å². The maximum atomic E-state index is 11.9. The molecule has 0 bridgehead atoms. The van der Waals surface area contributed by atoms with Crippen LogP contribution in [-0.2, 0) is 4.79 Å². The number of carbonyl (C=O) groups is 1. The van der Waals surface area contributed by atoms with Crippen molar-refractivity contribution in [3.05, 3.63) is 41.2 Å². The van der Waals surface area contributed by atoms with E-state index in [0.29, 0.717) is 23.5 Å². The SMILES string of the molecule is COc1ccnc(Nc2cc(C)cc(-c3sc(N4CCCNC(=O)C4)nc3Cl)c2)n1. The molecule has 10 heteroatoms. The first-order valence-corrected chi connectivity index (χ1v) is 10.7. The number of hydrogen-bond donors (Lipinski definition) is 2. The number of ether oxygens (including phenoxy) is 1. The molecule has 1 saturated heterocycles. The lowest BCUT2D eigenvalue weighted by Crippen LogP contribution is -2.32. The quantitative estimate of drug-likeness (QED) is 0.620. The zero-order valence-electron chi connectivity index (χ0n) is 16.6. The van der Waals surface area contributed by atoms with Gasteiger partial charge < -0.3 is 20.3 Å². The fourth-order valence-corrected chi connectivity index (χ4v) is 4.53. The van der Waals surface area contributed by atoms with Gasteiger partial charge in [-0.25, -0.2) is 9.97 Å². The molecule has 0 atom stereocenters. The number of hydrogen-bond acceptors (Lipinski definition) is 8. The normalized spacial score (nSPS) is 14.2. The van der Waals surface area contributed by atoms with Gasteiger partial charge in [0.05, 0.1) is 18.5 Å². The number of benzene rings is 1. The molecule has 0 saturated carbocycles. The highest BCUT2D eigenvalue weighted by molar-refractivity contribution is 7.19. The average molecular weight is 445 g/mol. The lowest BCUT2D eigenvalue weighted by Gasteiger charge is -2.16. The van der Waals surface area contributed by atoms with Crippen LogP contribution in [-0.4, -0.2) is 47.6 Å². The van der Waals surface area contributed by atoms with Crippen molar-refractivity contribution in [2.24, 2.45) is 0 Å². The smallest absolute Gasteiger partial charge is 0.239 e. The molecule has 3 heterocycles. The van der Waals surface area contributed by atoms with E-state index < -0.39 is 0 Å². The molecule has 1 fully saturated rings. The van der Waals surface area contributed by atoms with E-state index in [0.717, 1.165) is 39.8 Å². The van der Waals surface area contributed by atoms with Crippen molar-refractivity contribution in [1.82, 2.24) is 20.3 Å². The molecule has 2 N–H and O–H groups in total. The standard InChI is InChI=1S/C20H21ClN6O2S/c1-12-8-13(10-14(9-12)24-19-23-6-4-16(25-19)29-2)17-18(21)26-20(30-17)27-7-3-5-22-15(28)11-27/h4,6,8-10H,3,5,7,11H2,1-2H3,(H,22,28)(H,23,24,25). The summed E-state index contributed by atoms with van der Waals surface area (Å²) in [6.45, 7) is 3.74. The summed E-state index contributed by atoms with van der Waals surface area (Å²) in [7, 11) is 1.56. The zero-order chi connectivity index (χ0) is 21.1. The third-order valence-corrected chi connectivity index (χ3v) is 6.09. The minimum absolute atomic E-state index is 0.000651. The monoisotopic (exact) mass is 444 g/mol. The Hall–Kier alpha value is -2.91. The minimum atomic E-state index is 0.000651. The van der Waals surface area contributed by atoms with Crippen LogP contribution in [0, 0.1) is 6.92 Å². The van der Waals surface area contributed by atoms with Gasteiger partial charge in [-0.2, -0.15) is 4.98 Å². The summed E-state index contributed by atoms with van der Waals surface area (Å²) in [5.74, 6) is 0.926. The third-order valence-electron chi connectivity index (χ3n) is 4.54. The summed E-state index contributed by atoms with van der Waals surface area (Å²) < 4.78 is 5.15. The molecule has 1 aliphatic heterocycles. The molecule has 0 radical (unpaired) electrons. The van der Waals surface area contributed by atoms with Gasteiger partial charge in [0.25, 0.3) is 0 Å². The second kappa shape index (κ2) is 8.85. The van der Waals surface area contributed by atoms with Gasteiger partial charge in [-0.05, 0) is 36.6 Å². The summed E-state index contributed by atoms with van der Waals surface area (Å²) in [4.78, 5) is 27.8. The number of carbonyl (C=O) groups excluding carboxylic acids is 1. The lowest BCUT2D eigenvalue weighted by molar-refractivity contribution is -0.119. The predicted octanol–water partition coefficient (Wildman–Crippen LogP) is 3.64. The number of nitrogens with one attached hydrogen (secondary N) is 2. The van der Waals surface area contributed by atoms with Crippen LogP contribution in [0.1, 0.15) is 12.0 Å². The topological polar surface area (TPSA) is 92.3 Å². The number of nitrogens with zero attached hydrogens (tertiary/aromatic N) is 4. The Bertz CT molecular complexity index is 1070. The molecule has 3 aromatic rings. The minimum Gasteiger partial charge on any atom is -0.481 e. The Kier molecular flexibility index (Phi) is 6.01. The Labute approximate surface area is 183 Å². The fraction of sp³-hybridized carbons (Fsp3) is 0.300. The summed E-state index contributed by atoms with van der Waals surface area (Å²) in [6, 6.07) is 7.72. The predicted molar refractivity (Wildman–Crippen MR) is 119 cm³/mol. The molecule has 30 heavy (non-hydrogen) atoms. The summed E-state index contributed by atoms with van der Waals surface area (Å²) >= 11 is 7.97. The van der Waals surface area contributed by atoms with E-state index in [1.165, 1.54) is 11.3 Å². The Morgan fingerprint density at radius 1 is 1.30 bits per heavy atom. The molecule has 0 spiro atoms. The molecular weight excluding hydrogens is 424 g/mol. The zero-order valence-corrected chi connectivity index (χ0v) is 18.2. The molecule has 0 aliphatic carbocycles. The van der Waals surface area contributed by atoms with Crippen LogP contribution in [0.15, 0.2) is 30.5 Å². The van der Waals surface area contributed by atoms with Crippen molar-refractivity contribution in [3.63, 3.8) is 0 Å². The number of halogens is 1. The van der Waals surface area contributed by atoms with E-state index in [9.17, 15) is 4.79 Å². The number of methoxy groups -OCH3 is 1. The number of thiazole rings is 1. The maximum absolute atomic E-state index is 11.9. The number of aryl methyl sites for hydroxylation is 1. The Morgan fingerprint density at radius 2 is 2.17 bits per heavy atom. The summed E-state index contributed by atoms with van der Waals surface area (Å²) in [6.07, 6.45) is 2.51. The molecule has 0 unspecified atom stereocenters. The van der Waals surface area contributed by atoms with Crippen LogP contribution < -0.4 is 20.3 Å². The highest BCUT2D eigenvalue weighted by Gasteiger charge is 2.21. The molecule has 8 nitrogen and oxygen atoms in total. The molecular formula is C20H21ClN6O2S. The van der Waals surface area contributed by atoms with Gasteiger partial charge in [-0.1, -0.05) is 29.0 Å². The first kappa shape index (κ1) is 20.4. The van der Waals surface area contributed by atoms with Crippen LogP contribution in [0.5, 0.6) is 5.88 Å². The second-order valence-corrected chi connectivity index (χ2v) is 8.21. The molecule has 1 aromatic carbocycles. The van der Waals surface area contributed by atoms with Crippen molar-refractivity contribution in [3.8, 4) is 16.3 Å². The second-order valence-electron chi connectivity index (χ2n) is 6.88. The number of amides is 1. The Balaban J connectivity index is 1.62. The van der Waals surface area contributed by atoms with E-state index in [4.69, 9.17) is 16.3 Å². The number of aromatic nitrogens is 3. The van der Waals surface area contributed by atoms with Gasteiger partial charge in [-0.3, -0.25) is 4.79 Å². The van der Waals surface area contributed by atoms with Crippen LogP contribution in [0.4, 0.5) is 16.8 Å². The van der Waals surface area contributed by atoms with E-state index >= 15 is 0 Å². The van der Waals surface area contributed by atoms with Crippen LogP contribution in [0.25, 0.3) is 10.4 Å². The lowest BCUT2D eigenvalue weighted by atomic mass is 10.1. The molecule has 2 aromatic heterocycles. The van der Waals surface area contributed by atoms with Crippen molar-refractivity contribution in [1.29, 1.82) is 0 Å². The van der Waals surface area contributed by atoms with Gasteiger partial charge in [0.2, 0.25) is 17.7 Å². The van der Waals surface area contributed by atoms with Gasteiger partial charge in [0.1, 0.15) is 5.15 Å². The first-order valence-electron chi connectivity index (χ1n) is 9.46. The van der Waals surface area contributed by atoms with E-state index in [2.05, 4.69) is 31.7 Å². The van der Waals surface area contributed by atoms with Crippen molar-refractivity contribution in [2.45, 2.75) is 13.3 Å².